The molecule has 0 radical (unpaired) electrons. The largest absolute Gasteiger partial charge is 0.497 e. The highest BCUT2D eigenvalue weighted by atomic mass is 19.1. The van der Waals surface area contributed by atoms with Gasteiger partial charge in [-0.05, 0) is 49.1 Å². The molecule has 0 spiro atoms. The lowest BCUT2D eigenvalue weighted by atomic mass is 10.0. The first-order chi connectivity index (χ1) is 16.0. The molecule has 8 heteroatoms. The molecule has 176 valence electrons. The molecule has 1 aliphatic rings. The predicted molar refractivity (Wildman–Crippen MR) is 122 cm³/mol. The van der Waals surface area contributed by atoms with Crippen LogP contribution in [0.5, 0.6) is 11.5 Å². The van der Waals surface area contributed by atoms with Gasteiger partial charge in [0, 0.05) is 11.8 Å². The van der Waals surface area contributed by atoms with Gasteiger partial charge in [-0.3, -0.25) is 4.79 Å². The summed E-state index contributed by atoms with van der Waals surface area (Å²) in [6, 6.07) is 9.56. The van der Waals surface area contributed by atoms with E-state index in [9.17, 15) is 15.0 Å². The first-order valence-electron chi connectivity index (χ1n) is 11.1. The van der Waals surface area contributed by atoms with Crippen LogP contribution in [0.3, 0.4) is 0 Å². The standard InChI is InChI=1S/C25H28FNO6/c1-3-12-32-21-11-9-19(26)22-23(21)27(25-20(29)10-8-17(14-28)33-25)13-18(24(22)30)15-4-6-16(31-2)7-5-15/h4-7,9,11,13,17,20,25,28-29H,3,8,10,12,14H2,1-2H3. The van der Waals surface area contributed by atoms with Crippen molar-refractivity contribution in [2.24, 2.45) is 0 Å². The number of fused-ring (bicyclic) bond motifs is 1. The molecule has 4 rings (SSSR count). The van der Waals surface area contributed by atoms with Crippen molar-refractivity contribution in [3.63, 3.8) is 0 Å². The quantitative estimate of drug-likeness (QED) is 0.563. The Balaban J connectivity index is 2.00. The molecule has 0 aliphatic carbocycles. The van der Waals surface area contributed by atoms with Crippen molar-refractivity contribution in [1.29, 1.82) is 0 Å². The second-order valence-electron chi connectivity index (χ2n) is 8.10. The van der Waals surface area contributed by atoms with Gasteiger partial charge < -0.3 is 29.0 Å². The molecule has 2 N–H and O–H groups in total. The molecule has 3 atom stereocenters. The van der Waals surface area contributed by atoms with E-state index < -0.39 is 29.7 Å². The van der Waals surface area contributed by atoms with Gasteiger partial charge in [-0.1, -0.05) is 19.1 Å². The van der Waals surface area contributed by atoms with Crippen LogP contribution in [0.4, 0.5) is 4.39 Å². The third-order valence-electron chi connectivity index (χ3n) is 5.87. The second-order valence-corrected chi connectivity index (χ2v) is 8.10. The molecule has 0 amide bonds. The monoisotopic (exact) mass is 457 g/mol. The maximum atomic E-state index is 15.1. The lowest BCUT2D eigenvalue weighted by molar-refractivity contribution is -0.162. The van der Waals surface area contributed by atoms with Crippen LogP contribution in [0.15, 0.2) is 47.4 Å². The summed E-state index contributed by atoms with van der Waals surface area (Å²) >= 11 is 0. The van der Waals surface area contributed by atoms with E-state index in [2.05, 4.69) is 0 Å². The first kappa shape index (κ1) is 23.2. The SMILES string of the molecule is CCCOc1ccc(F)c2c(=O)c(-c3ccc(OC)cc3)cn(C3OC(CO)CCC3O)c12. The highest BCUT2D eigenvalue weighted by Gasteiger charge is 2.33. The van der Waals surface area contributed by atoms with Gasteiger partial charge in [0.1, 0.15) is 17.3 Å². The van der Waals surface area contributed by atoms with Gasteiger partial charge in [0.25, 0.3) is 0 Å². The minimum absolute atomic E-state index is 0.140. The van der Waals surface area contributed by atoms with Crippen LogP contribution in [0.25, 0.3) is 22.0 Å². The Morgan fingerprint density at radius 3 is 2.61 bits per heavy atom. The normalized spacial score (nSPS) is 20.7. The minimum atomic E-state index is -0.929. The molecule has 33 heavy (non-hydrogen) atoms. The molecule has 0 bridgehead atoms. The van der Waals surface area contributed by atoms with Crippen molar-refractivity contribution < 1.29 is 28.8 Å². The Morgan fingerprint density at radius 1 is 1.18 bits per heavy atom. The van der Waals surface area contributed by atoms with E-state index in [1.54, 1.807) is 42.1 Å². The lowest BCUT2D eigenvalue weighted by Gasteiger charge is -2.35. The first-order valence-corrected chi connectivity index (χ1v) is 11.1. The number of rotatable bonds is 7. The fourth-order valence-corrected chi connectivity index (χ4v) is 4.16. The Kier molecular flexibility index (Phi) is 6.97. The molecule has 2 aromatic carbocycles. The number of halogens is 1. The number of hydrogen-bond acceptors (Lipinski definition) is 6. The van der Waals surface area contributed by atoms with Gasteiger partial charge in [0.05, 0.1) is 43.4 Å². The van der Waals surface area contributed by atoms with Crippen LogP contribution < -0.4 is 14.9 Å². The fraction of sp³-hybridized carbons (Fsp3) is 0.400. The summed E-state index contributed by atoms with van der Waals surface area (Å²) in [4.78, 5) is 13.5. The molecule has 1 aromatic heterocycles. The fourth-order valence-electron chi connectivity index (χ4n) is 4.16. The molecule has 1 aliphatic heterocycles. The van der Waals surface area contributed by atoms with E-state index in [0.29, 0.717) is 36.5 Å². The summed E-state index contributed by atoms with van der Waals surface area (Å²) in [5, 5.41) is 20.3. The minimum Gasteiger partial charge on any atom is -0.497 e. The molecule has 3 aromatic rings. The Morgan fingerprint density at radius 2 is 1.94 bits per heavy atom. The number of aliphatic hydroxyl groups is 2. The van der Waals surface area contributed by atoms with E-state index >= 15 is 4.39 Å². The number of ether oxygens (including phenoxy) is 3. The topological polar surface area (TPSA) is 90.2 Å². The van der Waals surface area contributed by atoms with Crippen molar-refractivity contribution in [2.75, 3.05) is 20.3 Å². The van der Waals surface area contributed by atoms with Gasteiger partial charge in [-0.15, -0.1) is 0 Å². The Hall–Kier alpha value is -2.94. The van der Waals surface area contributed by atoms with Crippen LogP contribution in [-0.2, 0) is 4.74 Å². The van der Waals surface area contributed by atoms with Crippen molar-refractivity contribution in [3.05, 3.63) is 58.6 Å². The van der Waals surface area contributed by atoms with Crippen LogP contribution in [-0.4, -0.2) is 47.3 Å². The zero-order valence-electron chi connectivity index (χ0n) is 18.7. The van der Waals surface area contributed by atoms with Crippen molar-refractivity contribution >= 4 is 10.9 Å². The average molecular weight is 457 g/mol. The number of methoxy groups -OCH3 is 1. The van der Waals surface area contributed by atoms with E-state index in [-0.39, 0.29) is 23.1 Å². The van der Waals surface area contributed by atoms with Crippen LogP contribution in [0, 0.1) is 5.82 Å². The van der Waals surface area contributed by atoms with Crippen LogP contribution in [0.2, 0.25) is 0 Å². The number of nitrogens with zero attached hydrogens (tertiary/aromatic N) is 1. The summed E-state index contributed by atoms with van der Waals surface area (Å²) in [7, 11) is 1.55. The summed E-state index contributed by atoms with van der Waals surface area (Å²) in [5.74, 6) is 0.263. The molecule has 0 saturated carbocycles. The molecular formula is C25H28FNO6. The maximum absolute atomic E-state index is 15.1. The van der Waals surface area contributed by atoms with Gasteiger partial charge in [-0.25, -0.2) is 4.39 Å². The molecule has 2 heterocycles. The number of aromatic nitrogens is 1. The maximum Gasteiger partial charge on any atom is 0.200 e. The number of pyridine rings is 1. The Bertz CT molecular complexity index is 1180. The summed E-state index contributed by atoms with van der Waals surface area (Å²) in [6.07, 6.45) is 0.852. The van der Waals surface area contributed by atoms with Crippen LogP contribution in [0.1, 0.15) is 32.4 Å². The van der Waals surface area contributed by atoms with Crippen molar-refractivity contribution in [1.82, 2.24) is 4.57 Å². The molecular weight excluding hydrogens is 429 g/mol. The molecule has 7 nitrogen and oxygen atoms in total. The smallest absolute Gasteiger partial charge is 0.200 e. The lowest BCUT2D eigenvalue weighted by Crippen LogP contribution is -2.38. The second kappa shape index (κ2) is 9.91. The van der Waals surface area contributed by atoms with Gasteiger partial charge in [0.2, 0.25) is 0 Å². The average Bonchev–Trinajstić information content (AvgIpc) is 2.84. The number of aliphatic hydroxyl groups excluding tert-OH is 2. The number of benzene rings is 2. The van der Waals surface area contributed by atoms with Crippen LogP contribution >= 0.6 is 0 Å². The zero-order valence-corrected chi connectivity index (χ0v) is 18.7. The van der Waals surface area contributed by atoms with E-state index in [0.717, 1.165) is 6.42 Å². The highest BCUT2D eigenvalue weighted by molar-refractivity contribution is 5.89. The van der Waals surface area contributed by atoms with Gasteiger partial charge in [-0.2, -0.15) is 0 Å². The molecule has 1 fully saturated rings. The Labute approximate surface area is 190 Å². The third kappa shape index (κ3) is 4.46. The summed E-state index contributed by atoms with van der Waals surface area (Å²) in [6.45, 7) is 2.11. The molecule has 3 unspecified atom stereocenters. The van der Waals surface area contributed by atoms with E-state index in [1.165, 1.54) is 12.1 Å². The summed E-state index contributed by atoms with van der Waals surface area (Å²) in [5.41, 5.74) is 0.543. The number of hydrogen-bond donors (Lipinski definition) is 2. The van der Waals surface area contributed by atoms with Crippen molar-refractivity contribution in [3.8, 4) is 22.6 Å². The highest BCUT2D eigenvalue weighted by Crippen LogP contribution is 2.36. The summed E-state index contributed by atoms with van der Waals surface area (Å²) < 4.78 is 33.7. The predicted octanol–water partition coefficient (Wildman–Crippen LogP) is 3.64. The molecule has 1 saturated heterocycles. The van der Waals surface area contributed by atoms with Crippen molar-refractivity contribution in [2.45, 2.75) is 44.6 Å². The van der Waals surface area contributed by atoms with E-state index in [1.807, 2.05) is 6.92 Å². The zero-order chi connectivity index (χ0) is 23.5. The van der Waals surface area contributed by atoms with Gasteiger partial charge in [0.15, 0.2) is 11.7 Å². The van der Waals surface area contributed by atoms with Gasteiger partial charge >= 0.3 is 0 Å². The van der Waals surface area contributed by atoms with E-state index in [4.69, 9.17) is 14.2 Å². The third-order valence-corrected chi connectivity index (χ3v) is 5.87.